The number of methoxy groups -OCH3 is 1. The number of benzene rings is 1. The van der Waals surface area contributed by atoms with Gasteiger partial charge in [-0.1, -0.05) is 0 Å². The first-order chi connectivity index (χ1) is 9.19. The predicted molar refractivity (Wildman–Crippen MR) is 70.5 cm³/mol. The lowest BCUT2D eigenvalue weighted by Crippen LogP contribution is -2.40. The van der Waals surface area contributed by atoms with Crippen LogP contribution in [-0.2, 0) is 9.53 Å². The molecular weight excluding hydrogens is 248 g/mol. The lowest BCUT2D eigenvalue weighted by Gasteiger charge is -2.23. The van der Waals surface area contributed by atoms with Gasteiger partial charge in [0.1, 0.15) is 11.5 Å². The Hall–Kier alpha value is -1.79. The van der Waals surface area contributed by atoms with Gasteiger partial charge < -0.3 is 25.2 Å². The van der Waals surface area contributed by atoms with Crippen LogP contribution in [0, 0.1) is 0 Å². The second kappa shape index (κ2) is 6.40. The Balaban J connectivity index is 1.94. The molecule has 1 aromatic rings. The van der Waals surface area contributed by atoms with Crippen LogP contribution in [0.2, 0.25) is 0 Å². The molecular formula is C13H18N2O4. The molecule has 6 heteroatoms. The van der Waals surface area contributed by atoms with Gasteiger partial charge in [0.15, 0.2) is 0 Å². The van der Waals surface area contributed by atoms with Gasteiger partial charge >= 0.3 is 0 Å². The van der Waals surface area contributed by atoms with E-state index >= 15 is 0 Å². The topological polar surface area (TPSA) is 79.8 Å². The molecule has 6 nitrogen and oxygen atoms in total. The van der Waals surface area contributed by atoms with Crippen LogP contribution in [-0.4, -0.2) is 43.9 Å². The standard InChI is InChI=1S/C13H18N2O4/c1-18-9-2-3-12(16)11(6-9)15-13(17)7-10-8-14-4-5-19-10/h2-3,6,10,14,16H,4-5,7-8H2,1H3,(H,15,17). The number of anilines is 1. The van der Waals surface area contributed by atoms with Gasteiger partial charge in [-0.15, -0.1) is 0 Å². The van der Waals surface area contributed by atoms with E-state index in [1.807, 2.05) is 0 Å². The molecule has 1 heterocycles. The number of rotatable bonds is 4. The minimum atomic E-state index is -0.197. The van der Waals surface area contributed by atoms with Crippen LogP contribution >= 0.6 is 0 Å². The van der Waals surface area contributed by atoms with E-state index in [1.54, 1.807) is 12.1 Å². The summed E-state index contributed by atoms with van der Waals surface area (Å²) in [5.41, 5.74) is 0.341. The third-order valence-corrected chi connectivity index (χ3v) is 2.90. The second-order valence-corrected chi connectivity index (χ2v) is 4.33. The monoisotopic (exact) mass is 266 g/mol. The molecule has 0 aromatic heterocycles. The highest BCUT2D eigenvalue weighted by Gasteiger charge is 2.18. The summed E-state index contributed by atoms with van der Waals surface area (Å²) in [7, 11) is 1.53. The molecule has 0 aliphatic carbocycles. The molecule has 0 spiro atoms. The van der Waals surface area contributed by atoms with Crippen molar-refractivity contribution in [1.29, 1.82) is 0 Å². The average molecular weight is 266 g/mol. The van der Waals surface area contributed by atoms with Gasteiger partial charge in [-0.3, -0.25) is 4.79 Å². The molecule has 1 aromatic carbocycles. The number of carbonyl (C=O) groups excluding carboxylic acids is 1. The Morgan fingerprint density at radius 1 is 1.63 bits per heavy atom. The zero-order valence-corrected chi connectivity index (χ0v) is 10.8. The fraction of sp³-hybridized carbons (Fsp3) is 0.462. The molecule has 1 saturated heterocycles. The first-order valence-corrected chi connectivity index (χ1v) is 6.18. The number of phenolic OH excluding ortho intramolecular Hbond substituents is 1. The summed E-state index contributed by atoms with van der Waals surface area (Å²) in [5, 5.41) is 15.5. The first-order valence-electron chi connectivity index (χ1n) is 6.18. The highest BCUT2D eigenvalue weighted by atomic mass is 16.5. The summed E-state index contributed by atoms with van der Waals surface area (Å²) < 4.78 is 10.5. The number of phenols is 1. The normalized spacial score (nSPS) is 18.9. The molecule has 0 saturated carbocycles. The van der Waals surface area contributed by atoms with Crippen molar-refractivity contribution in [2.45, 2.75) is 12.5 Å². The third kappa shape index (κ3) is 3.84. The third-order valence-electron chi connectivity index (χ3n) is 2.90. The van der Waals surface area contributed by atoms with E-state index < -0.39 is 0 Å². The van der Waals surface area contributed by atoms with Gasteiger partial charge in [-0.05, 0) is 12.1 Å². The molecule has 2 rings (SSSR count). The highest BCUT2D eigenvalue weighted by Crippen LogP contribution is 2.27. The van der Waals surface area contributed by atoms with E-state index in [4.69, 9.17) is 9.47 Å². The summed E-state index contributed by atoms with van der Waals surface area (Å²) in [5.74, 6) is 0.387. The molecule has 1 aliphatic rings. The van der Waals surface area contributed by atoms with E-state index in [0.717, 1.165) is 6.54 Å². The molecule has 19 heavy (non-hydrogen) atoms. The average Bonchev–Trinajstić information content (AvgIpc) is 2.42. The Bertz CT molecular complexity index is 444. The second-order valence-electron chi connectivity index (χ2n) is 4.33. The van der Waals surface area contributed by atoms with E-state index in [1.165, 1.54) is 13.2 Å². The van der Waals surface area contributed by atoms with Gasteiger partial charge in [-0.2, -0.15) is 0 Å². The highest BCUT2D eigenvalue weighted by molar-refractivity contribution is 5.92. The van der Waals surface area contributed by atoms with E-state index in [2.05, 4.69) is 10.6 Å². The minimum absolute atomic E-state index is 0.0110. The summed E-state index contributed by atoms with van der Waals surface area (Å²) in [6, 6.07) is 4.68. The van der Waals surface area contributed by atoms with Crippen molar-refractivity contribution in [1.82, 2.24) is 5.32 Å². The van der Waals surface area contributed by atoms with Crippen LogP contribution < -0.4 is 15.4 Å². The van der Waals surface area contributed by atoms with E-state index in [9.17, 15) is 9.90 Å². The Morgan fingerprint density at radius 3 is 3.16 bits per heavy atom. The Kier molecular flexibility index (Phi) is 4.59. The van der Waals surface area contributed by atoms with Crippen molar-refractivity contribution in [3.63, 3.8) is 0 Å². The molecule has 1 unspecified atom stereocenters. The van der Waals surface area contributed by atoms with E-state index in [-0.39, 0.29) is 24.2 Å². The van der Waals surface area contributed by atoms with Crippen molar-refractivity contribution >= 4 is 11.6 Å². The number of morpholine rings is 1. The SMILES string of the molecule is COc1ccc(O)c(NC(=O)CC2CNCCO2)c1. The van der Waals surface area contributed by atoms with E-state index in [0.29, 0.717) is 24.6 Å². The van der Waals surface area contributed by atoms with Crippen LogP contribution in [0.15, 0.2) is 18.2 Å². The number of aromatic hydroxyl groups is 1. The number of ether oxygens (including phenoxy) is 2. The number of hydrogen-bond donors (Lipinski definition) is 3. The number of carbonyl (C=O) groups is 1. The lowest BCUT2D eigenvalue weighted by atomic mass is 10.2. The van der Waals surface area contributed by atoms with Crippen LogP contribution in [0.4, 0.5) is 5.69 Å². The number of nitrogens with one attached hydrogen (secondary N) is 2. The molecule has 1 atom stereocenters. The molecule has 1 aliphatic heterocycles. The molecule has 1 fully saturated rings. The largest absolute Gasteiger partial charge is 0.506 e. The molecule has 1 amide bonds. The maximum Gasteiger partial charge on any atom is 0.227 e. The maximum absolute atomic E-state index is 11.9. The van der Waals surface area contributed by atoms with Crippen LogP contribution in [0.3, 0.4) is 0 Å². The van der Waals surface area contributed by atoms with Crippen molar-refractivity contribution in [2.24, 2.45) is 0 Å². The summed E-state index contributed by atoms with van der Waals surface area (Å²) in [6.07, 6.45) is 0.130. The molecule has 3 N–H and O–H groups in total. The number of amides is 1. The zero-order chi connectivity index (χ0) is 13.7. The van der Waals surface area contributed by atoms with Gasteiger partial charge in [0, 0.05) is 19.2 Å². The van der Waals surface area contributed by atoms with Gasteiger partial charge in [-0.25, -0.2) is 0 Å². The van der Waals surface area contributed by atoms with Gasteiger partial charge in [0.25, 0.3) is 0 Å². The minimum Gasteiger partial charge on any atom is -0.506 e. The predicted octanol–water partition coefficient (Wildman–Crippen LogP) is 0.718. The smallest absolute Gasteiger partial charge is 0.227 e. The molecule has 0 radical (unpaired) electrons. The van der Waals surface area contributed by atoms with Crippen LogP contribution in [0.1, 0.15) is 6.42 Å². The summed E-state index contributed by atoms with van der Waals surface area (Å²) in [6.45, 7) is 2.09. The van der Waals surface area contributed by atoms with Gasteiger partial charge in [0.05, 0.1) is 31.9 Å². The Morgan fingerprint density at radius 2 is 2.47 bits per heavy atom. The molecule has 104 valence electrons. The summed E-state index contributed by atoms with van der Waals surface area (Å²) in [4.78, 5) is 11.9. The number of hydrogen-bond acceptors (Lipinski definition) is 5. The first kappa shape index (κ1) is 13.6. The molecule has 0 bridgehead atoms. The fourth-order valence-electron chi connectivity index (χ4n) is 1.90. The fourth-order valence-corrected chi connectivity index (χ4v) is 1.90. The quantitative estimate of drug-likeness (QED) is 0.700. The lowest BCUT2D eigenvalue weighted by molar-refractivity contribution is -0.119. The van der Waals surface area contributed by atoms with Crippen molar-refractivity contribution < 1.29 is 19.4 Å². The summed E-state index contributed by atoms with van der Waals surface area (Å²) >= 11 is 0. The Labute approximate surface area is 111 Å². The van der Waals surface area contributed by atoms with Crippen LogP contribution in [0.5, 0.6) is 11.5 Å². The zero-order valence-electron chi connectivity index (χ0n) is 10.8. The van der Waals surface area contributed by atoms with Crippen molar-refractivity contribution in [2.75, 3.05) is 32.1 Å². The van der Waals surface area contributed by atoms with Gasteiger partial charge in [0.2, 0.25) is 5.91 Å². The van der Waals surface area contributed by atoms with Crippen molar-refractivity contribution in [3.8, 4) is 11.5 Å². The van der Waals surface area contributed by atoms with Crippen molar-refractivity contribution in [3.05, 3.63) is 18.2 Å². The maximum atomic E-state index is 11.9. The van der Waals surface area contributed by atoms with Crippen LogP contribution in [0.25, 0.3) is 0 Å².